The van der Waals surface area contributed by atoms with Crippen LogP contribution in [0, 0.1) is 29.6 Å². The van der Waals surface area contributed by atoms with E-state index in [2.05, 4.69) is 4.90 Å². The number of ketones is 1. The molecular weight excluding hydrogens is 803 g/mol. The molecule has 0 spiro atoms. The molecule has 4 fully saturated rings. The van der Waals surface area contributed by atoms with Crippen LogP contribution in [0.1, 0.15) is 93.6 Å². The zero-order chi connectivity index (χ0) is 45.9. The first-order valence-electron chi connectivity index (χ1n) is 22.6. The summed E-state index contributed by atoms with van der Waals surface area (Å²) in [6.07, 6.45) is -7.11. The number of ether oxygens (including phenoxy) is 9. The number of fused-ring (bicyclic) bond motifs is 1. The third-order valence-electron chi connectivity index (χ3n) is 14.5. The smallest absolute Gasteiger partial charge is 0.311 e. The summed E-state index contributed by atoms with van der Waals surface area (Å²) in [5.74, 6) is -4.90. The SMILES string of the molecule is CO[C@]1(C)C[C@H](O[C@H]2[C@H](C)[C@@H](O[C@@H]3O[C@H](C)C[C@H](N(C)C)[C@H]3OCCCOCc3ccccc3)[C@@](C)(OC)C[C@@H](C)C(=O)[C@H](C)[C@@H](O)[C@@]3(O)C(C)[C@H]3OC(=O)[C@@H]2C)O[C@@H](C)[C@@H]1O. The summed E-state index contributed by atoms with van der Waals surface area (Å²) in [5.41, 5.74) is -2.98. The number of Topliss-reactive ketones (excluding diaryl/α,β-unsaturated/α-hetero) is 1. The van der Waals surface area contributed by atoms with Crippen LogP contribution in [0.15, 0.2) is 30.3 Å². The van der Waals surface area contributed by atoms with Gasteiger partial charge >= 0.3 is 5.97 Å². The molecule has 4 aliphatic rings. The largest absolute Gasteiger partial charge is 0.458 e. The Morgan fingerprint density at radius 2 is 1.48 bits per heavy atom. The van der Waals surface area contributed by atoms with E-state index in [-0.39, 0.29) is 30.8 Å². The molecule has 1 aromatic carbocycles. The molecule has 354 valence electrons. The maximum atomic E-state index is 14.3. The molecule has 0 radical (unpaired) electrons. The number of esters is 1. The van der Waals surface area contributed by atoms with Gasteiger partial charge in [-0.05, 0) is 73.5 Å². The van der Waals surface area contributed by atoms with Crippen LogP contribution < -0.4 is 0 Å². The Bertz CT molecular complexity index is 1600. The van der Waals surface area contributed by atoms with Gasteiger partial charge in [-0.1, -0.05) is 58.0 Å². The summed E-state index contributed by atoms with van der Waals surface area (Å²) in [7, 11) is 7.08. The lowest BCUT2D eigenvalue weighted by molar-refractivity contribution is -0.322. The van der Waals surface area contributed by atoms with Crippen molar-refractivity contribution in [3.63, 3.8) is 0 Å². The van der Waals surface area contributed by atoms with Crippen LogP contribution >= 0.6 is 0 Å². The number of hydrogen-bond acceptors (Lipinski definition) is 15. The summed E-state index contributed by atoms with van der Waals surface area (Å²) in [6, 6.07) is 9.89. The van der Waals surface area contributed by atoms with Gasteiger partial charge in [0.15, 0.2) is 12.6 Å². The fourth-order valence-corrected chi connectivity index (χ4v) is 10.1. The monoisotopic (exact) mass is 880 g/mol. The van der Waals surface area contributed by atoms with Crippen molar-refractivity contribution < 1.29 is 67.5 Å². The minimum absolute atomic E-state index is 0.102. The predicted octanol–water partition coefficient (Wildman–Crippen LogP) is 4.29. The molecule has 3 saturated heterocycles. The Morgan fingerprint density at radius 3 is 2.11 bits per heavy atom. The second kappa shape index (κ2) is 21.0. The Hall–Kier alpha value is -2.12. The van der Waals surface area contributed by atoms with Crippen LogP contribution in [-0.4, -0.2) is 158 Å². The maximum Gasteiger partial charge on any atom is 0.311 e. The summed E-state index contributed by atoms with van der Waals surface area (Å²) >= 11 is 0. The van der Waals surface area contributed by atoms with Crippen molar-refractivity contribution in [1.29, 1.82) is 0 Å². The van der Waals surface area contributed by atoms with Gasteiger partial charge in [-0.25, -0.2) is 0 Å². The van der Waals surface area contributed by atoms with E-state index in [9.17, 15) is 24.9 Å². The highest BCUT2D eigenvalue weighted by atomic mass is 16.7. The van der Waals surface area contributed by atoms with E-state index < -0.39 is 108 Å². The van der Waals surface area contributed by atoms with Crippen LogP contribution in [0.25, 0.3) is 0 Å². The zero-order valence-corrected chi connectivity index (χ0v) is 39.4. The molecule has 1 saturated carbocycles. The van der Waals surface area contributed by atoms with Crippen LogP contribution in [0.2, 0.25) is 0 Å². The highest BCUT2D eigenvalue weighted by Gasteiger charge is 2.70. The van der Waals surface area contributed by atoms with Gasteiger partial charge in [-0.3, -0.25) is 9.59 Å². The lowest BCUT2D eigenvalue weighted by atomic mass is 9.75. The molecule has 0 bridgehead atoms. The number of aliphatic hydroxyl groups excluding tert-OH is 2. The van der Waals surface area contributed by atoms with Crippen LogP contribution in [-0.2, 0) is 58.8 Å². The van der Waals surface area contributed by atoms with E-state index in [1.165, 1.54) is 7.11 Å². The number of benzene rings is 1. The molecule has 1 aromatic rings. The number of methoxy groups -OCH3 is 2. The molecule has 19 atom stereocenters. The molecule has 62 heavy (non-hydrogen) atoms. The molecule has 1 aliphatic carbocycles. The van der Waals surface area contributed by atoms with Crippen molar-refractivity contribution in [2.45, 2.75) is 179 Å². The van der Waals surface area contributed by atoms with Crippen molar-refractivity contribution >= 4 is 11.8 Å². The van der Waals surface area contributed by atoms with E-state index in [1.807, 2.05) is 65.2 Å². The van der Waals surface area contributed by atoms with Gasteiger partial charge in [0.25, 0.3) is 0 Å². The fraction of sp³-hybridized carbons (Fsp3) is 0.830. The van der Waals surface area contributed by atoms with E-state index >= 15 is 0 Å². The highest BCUT2D eigenvalue weighted by molar-refractivity contribution is 5.84. The van der Waals surface area contributed by atoms with Gasteiger partial charge in [-0.2, -0.15) is 0 Å². The molecular formula is C47H77NO14. The standard InChI is InChI=1S/C47H77NO14/c1-26-23-46(9,55-13)41(62-44-38(34(48(10)11)22-27(2)58-44)57-21-17-20-56-25-33-18-15-14-16-19-33)29(4)37(60-35-24-45(8,54-12)40(51)32(7)59-35)30(5)43(52)61-42-31(6)47(42,53)39(50)28(3)36(26)49/h14-16,18-19,26-32,34-35,37-42,44,50-51,53H,17,20-25H2,1-13H3/t26-,27-,28+,29+,30-,31?,32+,34+,35+,37+,38-,39-,40+,41-,42-,44+,45-,46+,47+/m1/s1. The molecule has 0 amide bonds. The van der Waals surface area contributed by atoms with Crippen molar-refractivity contribution in [2.24, 2.45) is 29.6 Å². The number of rotatable bonds is 14. The topological polar surface area (TPSA) is 181 Å². The minimum atomic E-state index is -1.81. The second-order valence-electron chi connectivity index (χ2n) is 19.3. The zero-order valence-electron chi connectivity index (χ0n) is 39.4. The first-order valence-corrected chi connectivity index (χ1v) is 22.6. The average Bonchev–Trinajstić information content (AvgIpc) is 3.77. The Labute approximate surface area is 369 Å². The van der Waals surface area contributed by atoms with E-state index in [0.29, 0.717) is 32.7 Å². The minimum Gasteiger partial charge on any atom is -0.458 e. The summed E-state index contributed by atoms with van der Waals surface area (Å²) in [6.45, 7) is 17.4. The van der Waals surface area contributed by atoms with Crippen LogP contribution in [0.4, 0.5) is 0 Å². The third-order valence-corrected chi connectivity index (χ3v) is 14.5. The van der Waals surface area contributed by atoms with Gasteiger partial charge in [0.2, 0.25) is 0 Å². The maximum absolute atomic E-state index is 14.3. The van der Waals surface area contributed by atoms with Gasteiger partial charge in [-0.15, -0.1) is 0 Å². The number of hydrogen-bond donors (Lipinski definition) is 3. The molecule has 15 nitrogen and oxygen atoms in total. The van der Waals surface area contributed by atoms with Gasteiger partial charge < -0.3 is 62.9 Å². The van der Waals surface area contributed by atoms with E-state index in [0.717, 1.165) is 5.56 Å². The fourth-order valence-electron chi connectivity index (χ4n) is 10.1. The number of carbonyl (C=O) groups excluding carboxylic acids is 2. The lowest BCUT2D eigenvalue weighted by Gasteiger charge is -2.50. The molecule has 15 heteroatoms. The molecule has 1 unspecified atom stereocenters. The number of nitrogens with zero attached hydrogens (tertiary/aromatic N) is 1. The number of likely N-dealkylation sites (N-methyl/N-ethyl adjacent to an activating group) is 1. The molecule has 3 N–H and O–H groups in total. The normalized spacial score (nSPS) is 44.7. The molecule has 3 heterocycles. The first-order chi connectivity index (χ1) is 29.1. The molecule has 5 rings (SSSR count). The number of aliphatic hydroxyl groups is 3. The Balaban J connectivity index is 1.52. The average molecular weight is 880 g/mol. The van der Waals surface area contributed by atoms with E-state index in [1.54, 1.807) is 48.7 Å². The number of carbonyl (C=O) groups is 2. The summed E-state index contributed by atoms with van der Waals surface area (Å²) < 4.78 is 57.8. The molecule has 0 aromatic heterocycles. The second-order valence-corrected chi connectivity index (χ2v) is 19.3. The molecule has 3 aliphatic heterocycles. The lowest BCUT2D eigenvalue weighted by Crippen LogP contribution is -2.61. The van der Waals surface area contributed by atoms with E-state index in [4.69, 9.17) is 42.6 Å². The Morgan fingerprint density at radius 1 is 0.823 bits per heavy atom. The Kier molecular flexibility index (Phi) is 17.2. The first kappa shape index (κ1) is 50.9. The van der Waals surface area contributed by atoms with Gasteiger partial charge in [0, 0.05) is 63.6 Å². The quantitative estimate of drug-likeness (QED) is 0.178. The predicted molar refractivity (Wildman–Crippen MR) is 229 cm³/mol. The van der Waals surface area contributed by atoms with Crippen LogP contribution in [0.5, 0.6) is 0 Å². The van der Waals surface area contributed by atoms with Crippen molar-refractivity contribution in [3.05, 3.63) is 35.9 Å². The van der Waals surface area contributed by atoms with Gasteiger partial charge in [0.05, 0.1) is 54.2 Å². The van der Waals surface area contributed by atoms with Crippen molar-refractivity contribution in [3.8, 4) is 0 Å². The third kappa shape index (κ3) is 10.9. The summed E-state index contributed by atoms with van der Waals surface area (Å²) in [5, 5.41) is 34.2. The van der Waals surface area contributed by atoms with Crippen molar-refractivity contribution in [1.82, 2.24) is 4.90 Å². The van der Waals surface area contributed by atoms with Gasteiger partial charge in [0.1, 0.15) is 29.7 Å². The van der Waals surface area contributed by atoms with Crippen LogP contribution in [0.3, 0.4) is 0 Å². The summed E-state index contributed by atoms with van der Waals surface area (Å²) in [4.78, 5) is 30.6. The van der Waals surface area contributed by atoms with Crippen molar-refractivity contribution in [2.75, 3.05) is 41.5 Å². The highest BCUT2D eigenvalue weighted by Crippen LogP contribution is 2.51.